The molecule has 1 aromatic heterocycles. The largest absolute Gasteiger partial charge is 0.354 e. The zero-order valence-corrected chi connectivity index (χ0v) is 10.6. The highest BCUT2D eigenvalue weighted by atomic mass is 16.1. The molecule has 3 nitrogen and oxygen atoms in total. The van der Waals surface area contributed by atoms with Crippen molar-refractivity contribution in [1.29, 1.82) is 0 Å². The third-order valence-electron chi connectivity index (χ3n) is 3.56. The summed E-state index contributed by atoms with van der Waals surface area (Å²) >= 11 is 0. The molecule has 0 spiro atoms. The van der Waals surface area contributed by atoms with Crippen LogP contribution in [0.1, 0.15) is 33.2 Å². The number of aldehydes is 2. The van der Waals surface area contributed by atoms with E-state index in [4.69, 9.17) is 0 Å². The van der Waals surface area contributed by atoms with E-state index in [9.17, 15) is 9.59 Å². The van der Waals surface area contributed by atoms with E-state index in [1.54, 1.807) is 0 Å². The van der Waals surface area contributed by atoms with E-state index < -0.39 is 0 Å². The monoisotopic (exact) mass is 251 g/mol. The Kier molecular flexibility index (Phi) is 2.67. The number of nitrogens with one attached hydrogen (secondary N) is 1. The first-order chi connectivity index (χ1) is 9.28. The minimum absolute atomic E-state index is 0.646. The van der Waals surface area contributed by atoms with Gasteiger partial charge in [0.15, 0.2) is 0 Å². The van der Waals surface area contributed by atoms with E-state index in [0.29, 0.717) is 5.56 Å². The molecule has 0 radical (unpaired) electrons. The zero-order valence-electron chi connectivity index (χ0n) is 10.6. The van der Waals surface area contributed by atoms with Gasteiger partial charge in [-0.05, 0) is 18.1 Å². The quantitative estimate of drug-likeness (QED) is 0.724. The van der Waals surface area contributed by atoms with Crippen LogP contribution < -0.4 is 0 Å². The highest BCUT2D eigenvalue weighted by Crippen LogP contribution is 2.29. The normalized spacial score (nSPS) is 11.0. The predicted octanol–water partition coefficient (Wildman–Crippen LogP) is 3.51. The van der Waals surface area contributed by atoms with Gasteiger partial charge in [0, 0.05) is 27.4 Å². The van der Waals surface area contributed by atoms with Crippen molar-refractivity contribution in [2.45, 2.75) is 13.3 Å². The number of H-pyrrole nitrogens is 1. The van der Waals surface area contributed by atoms with E-state index in [2.05, 4.69) is 4.98 Å². The summed E-state index contributed by atoms with van der Waals surface area (Å²) in [6.07, 6.45) is 2.52. The first-order valence-corrected chi connectivity index (χ1v) is 6.26. The van der Waals surface area contributed by atoms with Crippen LogP contribution in [0.15, 0.2) is 30.3 Å². The highest BCUT2D eigenvalue weighted by Gasteiger charge is 2.11. The molecule has 0 amide bonds. The van der Waals surface area contributed by atoms with Crippen molar-refractivity contribution in [3.05, 3.63) is 47.0 Å². The maximum atomic E-state index is 11.1. The number of aromatic nitrogens is 1. The standard InChI is InChI=1S/C16H13NO2/c1-2-12-11(9-19)4-6-14-13-5-3-10(8-18)7-15(13)17-16(12)14/h3-9,17H,2H2,1H3. The van der Waals surface area contributed by atoms with Crippen LogP contribution in [0.2, 0.25) is 0 Å². The molecule has 0 aliphatic heterocycles. The molecule has 0 saturated carbocycles. The lowest BCUT2D eigenvalue weighted by molar-refractivity contribution is 0.111. The number of hydrogen-bond donors (Lipinski definition) is 1. The molecule has 2 aromatic carbocycles. The zero-order chi connectivity index (χ0) is 13.4. The molecule has 0 fully saturated rings. The van der Waals surface area contributed by atoms with Crippen LogP contribution in [0.3, 0.4) is 0 Å². The van der Waals surface area contributed by atoms with Gasteiger partial charge >= 0.3 is 0 Å². The van der Waals surface area contributed by atoms with Gasteiger partial charge in [-0.1, -0.05) is 31.2 Å². The Hall–Kier alpha value is -2.42. The van der Waals surface area contributed by atoms with Crippen LogP contribution in [-0.2, 0) is 6.42 Å². The summed E-state index contributed by atoms with van der Waals surface area (Å²) in [6.45, 7) is 2.03. The SMILES string of the molecule is CCc1c(C=O)ccc2c1[nH]c1cc(C=O)ccc12. The van der Waals surface area contributed by atoms with Gasteiger partial charge in [-0.25, -0.2) is 0 Å². The number of hydrogen-bond acceptors (Lipinski definition) is 2. The van der Waals surface area contributed by atoms with E-state index in [-0.39, 0.29) is 0 Å². The predicted molar refractivity (Wildman–Crippen MR) is 76.0 cm³/mol. The summed E-state index contributed by atoms with van der Waals surface area (Å²) < 4.78 is 0. The lowest BCUT2D eigenvalue weighted by Gasteiger charge is -2.03. The fourth-order valence-electron chi connectivity index (χ4n) is 2.63. The van der Waals surface area contributed by atoms with Crippen LogP contribution in [0.25, 0.3) is 21.8 Å². The van der Waals surface area contributed by atoms with E-state index in [0.717, 1.165) is 51.9 Å². The number of carbonyl (C=O) groups is 2. The van der Waals surface area contributed by atoms with Gasteiger partial charge in [-0.3, -0.25) is 9.59 Å². The van der Waals surface area contributed by atoms with Gasteiger partial charge in [0.05, 0.1) is 5.52 Å². The number of rotatable bonds is 3. The molecule has 3 aromatic rings. The Morgan fingerprint density at radius 3 is 2.53 bits per heavy atom. The number of benzene rings is 2. The second kappa shape index (κ2) is 4.35. The van der Waals surface area contributed by atoms with Crippen LogP contribution in [0, 0.1) is 0 Å². The van der Waals surface area contributed by atoms with Crippen molar-refractivity contribution in [3.8, 4) is 0 Å². The van der Waals surface area contributed by atoms with Crippen molar-refractivity contribution in [1.82, 2.24) is 4.98 Å². The molecule has 3 heteroatoms. The summed E-state index contributed by atoms with van der Waals surface area (Å²) in [5.74, 6) is 0. The van der Waals surface area contributed by atoms with Gasteiger partial charge in [0.1, 0.15) is 12.6 Å². The second-order valence-electron chi connectivity index (χ2n) is 4.58. The molecular weight excluding hydrogens is 238 g/mol. The van der Waals surface area contributed by atoms with Crippen LogP contribution in [-0.4, -0.2) is 17.6 Å². The number of fused-ring (bicyclic) bond motifs is 3. The molecule has 19 heavy (non-hydrogen) atoms. The molecule has 0 atom stereocenters. The number of aromatic amines is 1. The summed E-state index contributed by atoms with van der Waals surface area (Å²) in [7, 11) is 0. The lowest BCUT2D eigenvalue weighted by atomic mass is 10.0. The van der Waals surface area contributed by atoms with Crippen LogP contribution >= 0.6 is 0 Å². The van der Waals surface area contributed by atoms with Crippen molar-refractivity contribution in [2.24, 2.45) is 0 Å². The van der Waals surface area contributed by atoms with E-state index in [1.165, 1.54) is 0 Å². The molecule has 0 aliphatic rings. The molecule has 94 valence electrons. The third kappa shape index (κ3) is 1.66. The average molecular weight is 251 g/mol. The van der Waals surface area contributed by atoms with Gasteiger partial charge in [-0.15, -0.1) is 0 Å². The smallest absolute Gasteiger partial charge is 0.150 e. The third-order valence-corrected chi connectivity index (χ3v) is 3.56. The lowest BCUT2D eigenvalue weighted by Crippen LogP contribution is -1.91. The molecule has 0 aliphatic carbocycles. The maximum absolute atomic E-state index is 11.1. The fraction of sp³-hybridized carbons (Fsp3) is 0.125. The Labute approximate surface area is 110 Å². The Morgan fingerprint density at radius 1 is 1.05 bits per heavy atom. The Balaban J connectivity index is 2.44. The van der Waals surface area contributed by atoms with Gasteiger partial charge in [0.25, 0.3) is 0 Å². The fourth-order valence-corrected chi connectivity index (χ4v) is 2.63. The molecule has 0 bridgehead atoms. The van der Waals surface area contributed by atoms with E-state index >= 15 is 0 Å². The topological polar surface area (TPSA) is 49.9 Å². The van der Waals surface area contributed by atoms with Gasteiger partial charge in [-0.2, -0.15) is 0 Å². The van der Waals surface area contributed by atoms with Gasteiger partial charge < -0.3 is 4.98 Å². The average Bonchev–Trinajstić information content (AvgIpc) is 2.83. The Morgan fingerprint density at radius 2 is 1.84 bits per heavy atom. The molecule has 1 N–H and O–H groups in total. The van der Waals surface area contributed by atoms with Crippen LogP contribution in [0.5, 0.6) is 0 Å². The first kappa shape index (κ1) is 11.7. The molecule has 3 rings (SSSR count). The van der Waals surface area contributed by atoms with Gasteiger partial charge in [0.2, 0.25) is 0 Å². The minimum atomic E-state index is 0.646. The Bertz CT molecular complexity index is 799. The molecule has 0 unspecified atom stereocenters. The van der Waals surface area contributed by atoms with Crippen molar-refractivity contribution in [2.75, 3.05) is 0 Å². The van der Waals surface area contributed by atoms with Crippen molar-refractivity contribution >= 4 is 34.4 Å². The van der Waals surface area contributed by atoms with Crippen LogP contribution in [0.4, 0.5) is 0 Å². The van der Waals surface area contributed by atoms with E-state index in [1.807, 2.05) is 37.3 Å². The summed E-state index contributed by atoms with van der Waals surface area (Å²) in [5.41, 5.74) is 4.31. The molecular formula is C16H13NO2. The van der Waals surface area contributed by atoms with Crippen molar-refractivity contribution < 1.29 is 9.59 Å². The number of aryl methyl sites for hydroxylation is 1. The first-order valence-electron chi connectivity index (χ1n) is 6.26. The second-order valence-corrected chi connectivity index (χ2v) is 4.58. The number of carbonyl (C=O) groups excluding carboxylic acids is 2. The molecule has 1 heterocycles. The summed E-state index contributed by atoms with van der Waals surface area (Å²) in [6, 6.07) is 9.40. The summed E-state index contributed by atoms with van der Waals surface area (Å²) in [4.78, 5) is 25.2. The van der Waals surface area contributed by atoms with Crippen molar-refractivity contribution in [3.63, 3.8) is 0 Å². The molecule has 0 saturated heterocycles. The maximum Gasteiger partial charge on any atom is 0.150 e. The summed E-state index contributed by atoms with van der Waals surface area (Å²) in [5, 5.41) is 2.17. The highest BCUT2D eigenvalue weighted by molar-refractivity contribution is 6.10. The minimum Gasteiger partial charge on any atom is -0.354 e.